The molecule has 3 rings (SSSR count). The monoisotopic (exact) mass is 362 g/mol. The van der Waals surface area contributed by atoms with Crippen molar-refractivity contribution in [3.05, 3.63) is 39.2 Å². The fourth-order valence-electron chi connectivity index (χ4n) is 3.25. The number of carbonyl (C=O) groups excluding carboxylic acids is 2. The third kappa shape index (κ3) is 3.07. The van der Waals surface area contributed by atoms with Crippen molar-refractivity contribution >= 4 is 23.2 Å². The highest BCUT2D eigenvalue weighted by Crippen LogP contribution is 2.40. The Hall–Kier alpha value is -2.77. The number of unbranched alkanes of at least 4 members (excludes halogenated alkanes) is 1. The summed E-state index contributed by atoms with van der Waals surface area (Å²) in [5.41, 5.74) is 0.0191. The maximum Gasteiger partial charge on any atom is 0.314 e. The molecule has 7 nitrogen and oxygen atoms in total. The van der Waals surface area contributed by atoms with E-state index in [0.29, 0.717) is 36.5 Å². The van der Waals surface area contributed by atoms with Gasteiger partial charge in [-0.05, 0) is 32.1 Å². The van der Waals surface area contributed by atoms with Gasteiger partial charge in [0.05, 0.1) is 23.3 Å². The molecule has 0 atom stereocenters. The molecule has 1 aliphatic carbocycles. The van der Waals surface area contributed by atoms with E-state index >= 15 is 0 Å². The van der Waals surface area contributed by atoms with Crippen LogP contribution in [0.25, 0.3) is 0 Å². The summed E-state index contributed by atoms with van der Waals surface area (Å²) in [5, 5.41) is 11.2. The predicted octanol–water partition coefficient (Wildman–Crippen LogP) is 3.66. The highest BCUT2D eigenvalue weighted by molar-refractivity contribution is 6.33. The van der Waals surface area contributed by atoms with Crippen LogP contribution in [0.1, 0.15) is 45.4 Å². The molecular weight excluding hydrogens is 343 g/mol. The highest BCUT2D eigenvalue weighted by Gasteiger charge is 2.41. The molecule has 0 unspecified atom stereocenters. The van der Waals surface area contributed by atoms with Crippen LogP contribution in [0.2, 0.25) is 0 Å². The summed E-state index contributed by atoms with van der Waals surface area (Å²) in [5.74, 6) is -2.24. The molecule has 0 spiro atoms. The van der Waals surface area contributed by atoms with Crippen LogP contribution in [-0.4, -0.2) is 23.3 Å². The van der Waals surface area contributed by atoms with Crippen LogP contribution < -0.4 is 9.64 Å². The Balaban J connectivity index is 2.00. The fraction of sp³-hybridized carbons (Fsp3) is 0.444. The fourth-order valence-corrected chi connectivity index (χ4v) is 3.25. The molecule has 0 radical (unpaired) electrons. The van der Waals surface area contributed by atoms with Crippen LogP contribution in [0.3, 0.4) is 0 Å². The average molecular weight is 362 g/mol. The van der Waals surface area contributed by atoms with Crippen LogP contribution in [0.15, 0.2) is 23.3 Å². The Bertz CT molecular complexity index is 790. The predicted molar refractivity (Wildman–Crippen MR) is 91.4 cm³/mol. The number of hydrogen-bond donors (Lipinski definition) is 0. The zero-order valence-corrected chi connectivity index (χ0v) is 14.4. The van der Waals surface area contributed by atoms with Crippen molar-refractivity contribution in [2.24, 2.45) is 0 Å². The first kappa shape index (κ1) is 18.0. The van der Waals surface area contributed by atoms with Gasteiger partial charge < -0.3 is 4.74 Å². The van der Waals surface area contributed by atoms with E-state index in [2.05, 4.69) is 0 Å². The van der Waals surface area contributed by atoms with Crippen molar-refractivity contribution in [2.45, 2.75) is 45.4 Å². The van der Waals surface area contributed by atoms with Gasteiger partial charge in [-0.1, -0.05) is 13.3 Å². The lowest BCUT2D eigenvalue weighted by atomic mass is 9.93. The number of carbonyl (C=O) groups is 2. The Morgan fingerprint density at radius 3 is 2.35 bits per heavy atom. The van der Waals surface area contributed by atoms with E-state index in [1.807, 2.05) is 6.92 Å². The SMILES string of the molecule is CCCCOc1cc(N2C(=O)C3=C(CCCC3)C2=O)c(F)cc1[N+](=O)[O-]. The summed E-state index contributed by atoms with van der Waals surface area (Å²) < 4.78 is 19.9. The molecule has 26 heavy (non-hydrogen) atoms. The highest BCUT2D eigenvalue weighted by atomic mass is 19.1. The van der Waals surface area contributed by atoms with Gasteiger partial charge >= 0.3 is 5.69 Å². The van der Waals surface area contributed by atoms with Crippen LogP contribution in [-0.2, 0) is 9.59 Å². The lowest BCUT2D eigenvalue weighted by molar-refractivity contribution is -0.386. The van der Waals surface area contributed by atoms with E-state index in [-0.39, 0.29) is 18.0 Å². The van der Waals surface area contributed by atoms with E-state index in [9.17, 15) is 24.1 Å². The number of nitrogens with zero attached hydrogens (tertiary/aromatic N) is 2. The smallest absolute Gasteiger partial charge is 0.314 e. The number of rotatable bonds is 6. The second-order valence-electron chi connectivity index (χ2n) is 6.34. The van der Waals surface area contributed by atoms with Crippen molar-refractivity contribution in [2.75, 3.05) is 11.5 Å². The second kappa shape index (κ2) is 7.23. The summed E-state index contributed by atoms with van der Waals surface area (Å²) in [7, 11) is 0. The molecule has 2 aliphatic rings. The minimum Gasteiger partial charge on any atom is -0.487 e. The van der Waals surface area contributed by atoms with Crippen LogP contribution in [0, 0.1) is 15.9 Å². The van der Waals surface area contributed by atoms with E-state index in [4.69, 9.17) is 4.74 Å². The maximum absolute atomic E-state index is 14.5. The number of nitro groups is 1. The van der Waals surface area contributed by atoms with E-state index in [0.717, 1.165) is 30.2 Å². The molecular formula is C18H19FN2O5. The minimum absolute atomic E-state index is 0.148. The lowest BCUT2D eigenvalue weighted by Gasteiger charge is -2.17. The van der Waals surface area contributed by atoms with Gasteiger partial charge in [-0.2, -0.15) is 0 Å². The molecule has 0 aromatic heterocycles. The molecule has 138 valence electrons. The van der Waals surface area contributed by atoms with Crippen molar-refractivity contribution in [3.8, 4) is 5.75 Å². The van der Waals surface area contributed by atoms with Crippen LogP contribution in [0.4, 0.5) is 15.8 Å². The van der Waals surface area contributed by atoms with E-state index in [1.54, 1.807) is 0 Å². The van der Waals surface area contributed by atoms with Gasteiger partial charge in [0.25, 0.3) is 11.8 Å². The molecule has 0 N–H and O–H groups in total. The molecule has 0 bridgehead atoms. The largest absolute Gasteiger partial charge is 0.487 e. The molecule has 1 aliphatic heterocycles. The molecule has 0 saturated heterocycles. The summed E-state index contributed by atoms with van der Waals surface area (Å²) in [6.07, 6.45) is 4.08. The van der Waals surface area contributed by atoms with Gasteiger partial charge in [0, 0.05) is 17.2 Å². The summed E-state index contributed by atoms with van der Waals surface area (Å²) in [6.45, 7) is 2.16. The number of amides is 2. The van der Waals surface area contributed by atoms with E-state index in [1.165, 1.54) is 0 Å². The Labute approximate surface area is 149 Å². The Kier molecular flexibility index (Phi) is 5.01. The number of ether oxygens (including phenoxy) is 1. The maximum atomic E-state index is 14.5. The summed E-state index contributed by atoms with van der Waals surface area (Å²) in [4.78, 5) is 36.4. The van der Waals surface area contributed by atoms with Gasteiger partial charge in [-0.3, -0.25) is 19.7 Å². The first-order valence-electron chi connectivity index (χ1n) is 8.67. The van der Waals surface area contributed by atoms with Gasteiger partial charge in [-0.25, -0.2) is 9.29 Å². The van der Waals surface area contributed by atoms with Gasteiger partial charge in [-0.15, -0.1) is 0 Å². The molecule has 1 heterocycles. The standard InChI is InChI=1S/C18H19FN2O5/c1-2-3-8-26-16-10-14(13(19)9-15(16)21(24)25)20-17(22)11-6-4-5-7-12(11)18(20)23/h9-10H,2-8H2,1H3. The zero-order chi connectivity index (χ0) is 18.8. The first-order chi connectivity index (χ1) is 12.5. The summed E-state index contributed by atoms with van der Waals surface area (Å²) in [6, 6.07) is 1.78. The molecule has 1 aromatic carbocycles. The topological polar surface area (TPSA) is 89.8 Å². The van der Waals surface area contributed by atoms with Gasteiger partial charge in [0.1, 0.15) is 0 Å². The number of anilines is 1. The van der Waals surface area contributed by atoms with Gasteiger partial charge in [0.15, 0.2) is 11.6 Å². The van der Waals surface area contributed by atoms with Crippen molar-refractivity contribution in [1.29, 1.82) is 0 Å². The van der Waals surface area contributed by atoms with E-state index < -0.39 is 28.2 Å². The molecule has 8 heteroatoms. The number of halogens is 1. The first-order valence-corrected chi connectivity index (χ1v) is 8.67. The molecule has 2 amide bonds. The van der Waals surface area contributed by atoms with Gasteiger partial charge in [0.2, 0.25) is 0 Å². The van der Waals surface area contributed by atoms with Crippen molar-refractivity contribution in [3.63, 3.8) is 0 Å². The second-order valence-corrected chi connectivity index (χ2v) is 6.34. The quantitative estimate of drug-likeness (QED) is 0.333. The third-order valence-corrected chi connectivity index (χ3v) is 4.61. The van der Waals surface area contributed by atoms with Crippen LogP contribution in [0.5, 0.6) is 5.75 Å². The zero-order valence-electron chi connectivity index (χ0n) is 14.4. The minimum atomic E-state index is -0.999. The summed E-state index contributed by atoms with van der Waals surface area (Å²) >= 11 is 0. The number of nitro benzene ring substituents is 1. The van der Waals surface area contributed by atoms with Crippen LogP contribution >= 0.6 is 0 Å². The Morgan fingerprint density at radius 1 is 1.19 bits per heavy atom. The molecule has 1 aromatic rings. The molecule has 0 saturated carbocycles. The molecule has 0 fully saturated rings. The third-order valence-electron chi connectivity index (χ3n) is 4.61. The number of benzene rings is 1. The van der Waals surface area contributed by atoms with Crippen molar-refractivity contribution in [1.82, 2.24) is 0 Å². The van der Waals surface area contributed by atoms with Crippen molar-refractivity contribution < 1.29 is 23.6 Å². The average Bonchev–Trinajstić information content (AvgIpc) is 2.87. The normalized spacial score (nSPS) is 16.9. The number of hydrogen-bond acceptors (Lipinski definition) is 5. The Morgan fingerprint density at radius 2 is 1.81 bits per heavy atom. The lowest BCUT2D eigenvalue weighted by Crippen LogP contribution is -2.32. The number of imide groups is 1.